The third-order valence-corrected chi connectivity index (χ3v) is 2.74. The molecule has 0 saturated heterocycles. The highest BCUT2D eigenvalue weighted by Crippen LogP contribution is 2.13. The molecule has 1 aromatic carbocycles. The maximum absolute atomic E-state index is 5.51. The number of fused-ring (bicyclic) bond motifs is 1. The van der Waals surface area contributed by atoms with Gasteiger partial charge >= 0.3 is 0 Å². The predicted molar refractivity (Wildman–Crippen MR) is 71.0 cm³/mol. The molecule has 0 atom stereocenters. The average molecular weight is 236 g/mol. The van der Waals surface area contributed by atoms with Crippen molar-refractivity contribution in [3.8, 4) is 0 Å². The Morgan fingerprint density at radius 3 is 2.61 bits per heavy atom. The number of rotatable bonds is 2. The third kappa shape index (κ3) is 2.13. The molecule has 0 aliphatic heterocycles. The zero-order valence-corrected chi connectivity index (χ0v) is 9.74. The van der Waals surface area contributed by atoms with Gasteiger partial charge in [-0.2, -0.15) is 0 Å². The van der Waals surface area contributed by atoms with Crippen molar-refractivity contribution in [2.45, 2.75) is 6.42 Å². The molecule has 0 saturated carbocycles. The van der Waals surface area contributed by atoms with Gasteiger partial charge in [0.25, 0.3) is 0 Å². The summed E-state index contributed by atoms with van der Waals surface area (Å²) in [6.07, 6.45) is 3.92. The average Bonchev–Trinajstić information content (AvgIpc) is 2.41. The summed E-state index contributed by atoms with van der Waals surface area (Å²) in [6.45, 7) is 0. The first kappa shape index (κ1) is 10.7. The van der Waals surface area contributed by atoms with Gasteiger partial charge in [0.2, 0.25) is 0 Å². The lowest BCUT2D eigenvalue weighted by atomic mass is 10.1. The van der Waals surface area contributed by atoms with E-state index in [1.807, 2.05) is 24.3 Å². The summed E-state index contributed by atoms with van der Waals surface area (Å²) < 4.78 is 0. The fourth-order valence-electron chi connectivity index (χ4n) is 1.85. The van der Waals surface area contributed by atoms with Crippen LogP contribution in [-0.4, -0.2) is 15.0 Å². The van der Waals surface area contributed by atoms with Crippen LogP contribution in [0.2, 0.25) is 0 Å². The molecule has 2 aromatic heterocycles. The second kappa shape index (κ2) is 4.41. The van der Waals surface area contributed by atoms with Crippen molar-refractivity contribution in [1.82, 2.24) is 15.0 Å². The molecule has 4 nitrogen and oxygen atoms in total. The van der Waals surface area contributed by atoms with Crippen molar-refractivity contribution in [1.29, 1.82) is 0 Å². The second-order valence-electron chi connectivity index (χ2n) is 4.10. The smallest absolute Gasteiger partial charge is 0.141 e. The van der Waals surface area contributed by atoms with Crippen molar-refractivity contribution in [2.24, 2.45) is 0 Å². The van der Waals surface area contributed by atoms with Crippen LogP contribution in [0.3, 0.4) is 0 Å². The van der Waals surface area contributed by atoms with Gasteiger partial charge in [0, 0.05) is 17.5 Å². The number of aromatic nitrogens is 3. The highest BCUT2D eigenvalue weighted by Gasteiger charge is 2.01. The van der Waals surface area contributed by atoms with Gasteiger partial charge in [0.15, 0.2) is 0 Å². The van der Waals surface area contributed by atoms with E-state index in [9.17, 15) is 0 Å². The Morgan fingerprint density at radius 1 is 0.889 bits per heavy atom. The second-order valence-corrected chi connectivity index (χ2v) is 4.10. The normalized spacial score (nSPS) is 10.7. The molecular formula is C14H12N4. The fraction of sp³-hybridized carbons (Fsp3) is 0.0714. The highest BCUT2D eigenvalue weighted by molar-refractivity contribution is 5.78. The molecule has 0 amide bonds. The Morgan fingerprint density at radius 2 is 1.78 bits per heavy atom. The SMILES string of the molecule is Nc1cnc(Cc2ccc3ccccc3n2)cn1. The molecule has 2 heterocycles. The third-order valence-electron chi connectivity index (χ3n) is 2.74. The van der Waals surface area contributed by atoms with Gasteiger partial charge in [0.1, 0.15) is 5.82 Å². The lowest BCUT2D eigenvalue weighted by molar-refractivity contribution is 1.00. The molecule has 3 rings (SSSR count). The zero-order valence-electron chi connectivity index (χ0n) is 9.74. The Labute approximate surface area is 105 Å². The Balaban J connectivity index is 1.92. The largest absolute Gasteiger partial charge is 0.382 e. The monoisotopic (exact) mass is 236 g/mol. The molecule has 0 aliphatic carbocycles. The molecule has 3 aromatic rings. The van der Waals surface area contributed by atoms with E-state index in [0.717, 1.165) is 22.3 Å². The van der Waals surface area contributed by atoms with Crippen LogP contribution in [0.4, 0.5) is 5.82 Å². The van der Waals surface area contributed by atoms with Gasteiger partial charge in [0.05, 0.1) is 23.6 Å². The maximum Gasteiger partial charge on any atom is 0.141 e. The molecular weight excluding hydrogens is 224 g/mol. The summed E-state index contributed by atoms with van der Waals surface area (Å²) in [5.41, 5.74) is 8.35. The van der Waals surface area contributed by atoms with E-state index in [1.165, 1.54) is 0 Å². The number of hydrogen-bond acceptors (Lipinski definition) is 4. The minimum absolute atomic E-state index is 0.435. The van der Waals surface area contributed by atoms with E-state index in [-0.39, 0.29) is 0 Å². The van der Waals surface area contributed by atoms with Crippen molar-refractivity contribution in [3.63, 3.8) is 0 Å². The molecule has 0 radical (unpaired) electrons. The Kier molecular flexibility index (Phi) is 2.61. The van der Waals surface area contributed by atoms with Crippen molar-refractivity contribution >= 4 is 16.7 Å². The molecule has 4 heteroatoms. The van der Waals surface area contributed by atoms with Crippen molar-refractivity contribution in [2.75, 3.05) is 5.73 Å². The van der Waals surface area contributed by atoms with E-state index in [4.69, 9.17) is 5.73 Å². The topological polar surface area (TPSA) is 64.7 Å². The van der Waals surface area contributed by atoms with Crippen LogP contribution in [0.25, 0.3) is 10.9 Å². The Bertz CT molecular complexity index is 677. The van der Waals surface area contributed by atoms with Gasteiger partial charge in [-0.25, -0.2) is 4.98 Å². The lowest BCUT2D eigenvalue weighted by Gasteiger charge is -2.02. The number of nitrogen functional groups attached to an aromatic ring is 1. The summed E-state index contributed by atoms with van der Waals surface area (Å²) in [5.74, 6) is 0.435. The van der Waals surface area contributed by atoms with Crippen LogP contribution in [0.15, 0.2) is 48.8 Å². The van der Waals surface area contributed by atoms with Crippen molar-refractivity contribution in [3.05, 3.63) is 60.2 Å². The molecule has 0 aliphatic rings. The zero-order chi connectivity index (χ0) is 12.4. The first-order valence-electron chi connectivity index (χ1n) is 5.72. The predicted octanol–water partition coefficient (Wildman–Crippen LogP) is 2.20. The summed E-state index contributed by atoms with van der Waals surface area (Å²) in [6, 6.07) is 12.1. The standard InChI is InChI=1S/C14H12N4/c15-14-9-16-12(8-17-14)7-11-6-5-10-3-1-2-4-13(10)18-11/h1-6,8-9H,7H2,(H2,15,17). The van der Waals surface area contributed by atoms with Gasteiger partial charge in [-0.3, -0.25) is 9.97 Å². The number of anilines is 1. The Hall–Kier alpha value is -2.49. The number of para-hydroxylation sites is 1. The lowest BCUT2D eigenvalue weighted by Crippen LogP contribution is -1.98. The molecule has 88 valence electrons. The van der Waals surface area contributed by atoms with E-state index in [1.54, 1.807) is 12.4 Å². The van der Waals surface area contributed by atoms with E-state index >= 15 is 0 Å². The number of benzene rings is 1. The molecule has 0 bridgehead atoms. The van der Waals surface area contributed by atoms with E-state index in [0.29, 0.717) is 12.2 Å². The van der Waals surface area contributed by atoms with Gasteiger partial charge in [-0.1, -0.05) is 24.3 Å². The van der Waals surface area contributed by atoms with Crippen LogP contribution >= 0.6 is 0 Å². The summed E-state index contributed by atoms with van der Waals surface area (Å²) in [4.78, 5) is 12.8. The molecule has 18 heavy (non-hydrogen) atoms. The van der Waals surface area contributed by atoms with Crippen LogP contribution < -0.4 is 5.73 Å². The summed E-state index contributed by atoms with van der Waals surface area (Å²) in [7, 11) is 0. The molecule has 0 unspecified atom stereocenters. The summed E-state index contributed by atoms with van der Waals surface area (Å²) >= 11 is 0. The first-order valence-corrected chi connectivity index (χ1v) is 5.72. The van der Waals surface area contributed by atoms with Gasteiger partial charge < -0.3 is 5.73 Å². The van der Waals surface area contributed by atoms with Gasteiger partial charge in [-0.05, 0) is 12.1 Å². The molecule has 0 spiro atoms. The quantitative estimate of drug-likeness (QED) is 0.740. The fourth-order valence-corrected chi connectivity index (χ4v) is 1.85. The number of nitrogens with two attached hydrogens (primary N) is 1. The van der Waals surface area contributed by atoms with Crippen LogP contribution in [0.5, 0.6) is 0 Å². The highest BCUT2D eigenvalue weighted by atomic mass is 14.9. The summed E-state index contributed by atoms with van der Waals surface area (Å²) in [5, 5.41) is 1.14. The van der Waals surface area contributed by atoms with E-state index in [2.05, 4.69) is 27.1 Å². The first-order chi connectivity index (χ1) is 8.81. The molecule has 2 N–H and O–H groups in total. The molecule has 0 fully saturated rings. The van der Waals surface area contributed by atoms with Crippen molar-refractivity contribution < 1.29 is 0 Å². The number of pyridine rings is 1. The van der Waals surface area contributed by atoms with Crippen LogP contribution in [-0.2, 0) is 6.42 Å². The number of nitrogens with zero attached hydrogens (tertiary/aromatic N) is 3. The maximum atomic E-state index is 5.51. The van der Waals surface area contributed by atoms with Crippen LogP contribution in [0.1, 0.15) is 11.4 Å². The van der Waals surface area contributed by atoms with Crippen LogP contribution in [0, 0.1) is 0 Å². The van der Waals surface area contributed by atoms with Gasteiger partial charge in [-0.15, -0.1) is 0 Å². The minimum Gasteiger partial charge on any atom is -0.382 e. The number of hydrogen-bond donors (Lipinski definition) is 1. The van der Waals surface area contributed by atoms with E-state index < -0.39 is 0 Å². The minimum atomic E-state index is 0.435.